The fourth-order valence-corrected chi connectivity index (χ4v) is 5.07. The summed E-state index contributed by atoms with van der Waals surface area (Å²) in [5.41, 5.74) is 1.36. The van der Waals surface area contributed by atoms with Crippen LogP contribution in [0.2, 0.25) is 0 Å². The first-order valence-electron chi connectivity index (χ1n) is 7.21. The van der Waals surface area contributed by atoms with Crippen LogP contribution in [-0.4, -0.2) is 6.54 Å². The van der Waals surface area contributed by atoms with Gasteiger partial charge < -0.3 is 5.32 Å². The van der Waals surface area contributed by atoms with E-state index >= 15 is 0 Å². The highest BCUT2D eigenvalue weighted by atomic mass is 79.9. The molecule has 0 aliphatic carbocycles. The van der Waals surface area contributed by atoms with Crippen LogP contribution in [-0.2, 0) is 6.42 Å². The van der Waals surface area contributed by atoms with Crippen molar-refractivity contribution >= 4 is 48.0 Å². The van der Waals surface area contributed by atoms with E-state index in [9.17, 15) is 0 Å². The summed E-state index contributed by atoms with van der Waals surface area (Å²) in [7, 11) is 0. The van der Waals surface area contributed by atoms with Gasteiger partial charge in [-0.3, -0.25) is 0 Å². The lowest BCUT2D eigenvalue weighted by atomic mass is 10.0. The van der Waals surface area contributed by atoms with Gasteiger partial charge in [0.1, 0.15) is 0 Å². The molecule has 1 nitrogen and oxygen atoms in total. The molecule has 0 amide bonds. The molecule has 2 aromatic heterocycles. The van der Waals surface area contributed by atoms with E-state index in [1.807, 2.05) is 22.7 Å². The quantitative estimate of drug-likeness (QED) is 0.552. The highest BCUT2D eigenvalue weighted by molar-refractivity contribution is 9.10. The van der Waals surface area contributed by atoms with Crippen molar-refractivity contribution in [3.63, 3.8) is 0 Å². The number of benzene rings is 1. The van der Waals surface area contributed by atoms with Gasteiger partial charge >= 0.3 is 0 Å². The van der Waals surface area contributed by atoms with Crippen LogP contribution in [0.1, 0.15) is 29.8 Å². The van der Waals surface area contributed by atoms with E-state index in [-0.39, 0.29) is 0 Å². The number of fused-ring (bicyclic) bond motifs is 1. The topological polar surface area (TPSA) is 12.0 Å². The summed E-state index contributed by atoms with van der Waals surface area (Å²) >= 11 is 7.42. The van der Waals surface area contributed by atoms with E-state index in [4.69, 9.17) is 0 Å². The number of thiophene rings is 2. The Morgan fingerprint density at radius 1 is 1.19 bits per heavy atom. The average molecular weight is 380 g/mol. The maximum absolute atomic E-state index is 3.71. The van der Waals surface area contributed by atoms with E-state index in [0.29, 0.717) is 6.04 Å². The zero-order valence-electron chi connectivity index (χ0n) is 11.9. The van der Waals surface area contributed by atoms with E-state index in [2.05, 4.69) is 69.9 Å². The Balaban J connectivity index is 1.86. The monoisotopic (exact) mass is 379 g/mol. The molecule has 0 aliphatic heterocycles. The number of nitrogens with one attached hydrogen (secondary N) is 1. The van der Waals surface area contributed by atoms with Gasteiger partial charge in [0.2, 0.25) is 0 Å². The minimum absolute atomic E-state index is 0.397. The SMILES string of the molecule is CCCNC(Cc1ccccc1Br)c1cc2sccc2s1. The van der Waals surface area contributed by atoms with Crippen LogP contribution in [0.25, 0.3) is 9.40 Å². The third-order valence-corrected chi connectivity index (χ3v) is 6.51. The predicted octanol–water partition coefficient (Wildman–Crippen LogP) is 6.01. The van der Waals surface area contributed by atoms with Crippen LogP contribution in [0.5, 0.6) is 0 Å². The molecular formula is C17H18BrNS2. The van der Waals surface area contributed by atoms with Crippen molar-refractivity contribution in [2.24, 2.45) is 0 Å². The van der Waals surface area contributed by atoms with Gasteiger partial charge in [0.15, 0.2) is 0 Å². The lowest BCUT2D eigenvalue weighted by Crippen LogP contribution is -2.23. The Labute approximate surface area is 142 Å². The second-order valence-electron chi connectivity index (χ2n) is 5.10. The molecule has 110 valence electrons. The maximum atomic E-state index is 3.71. The van der Waals surface area contributed by atoms with E-state index in [1.165, 1.54) is 24.3 Å². The Morgan fingerprint density at radius 2 is 2.05 bits per heavy atom. The molecule has 0 spiro atoms. The van der Waals surface area contributed by atoms with Crippen molar-refractivity contribution in [1.29, 1.82) is 0 Å². The van der Waals surface area contributed by atoms with Crippen LogP contribution in [0.4, 0.5) is 0 Å². The van der Waals surface area contributed by atoms with Gasteiger partial charge in [-0.05, 0) is 48.5 Å². The Hall–Kier alpha value is -0.680. The summed E-state index contributed by atoms with van der Waals surface area (Å²) in [4.78, 5) is 1.45. The molecule has 0 aliphatic rings. The smallest absolute Gasteiger partial charge is 0.0456 e. The molecule has 0 saturated carbocycles. The van der Waals surface area contributed by atoms with Gasteiger partial charge in [0.25, 0.3) is 0 Å². The van der Waals surface area contributed by atoms with Crippen molar-refractivity contribution in [1.82, 2.24) is 5.32 Å². The highest BCUT2D eigenvalue weighted by Crippen LogP contribution is 2.35. The van der Waals surface area contributed by atoms with E-state index in [1.54, 1.807) is 0 Å². The number of halogens is 1. The molecule has 4 heteroatoms. The summed E-state index contributed by atoms with van der Waals surface area (Å²) in [5, 5.41) is 5.88. The third-order valence-electron chi connectivity index (χ3n) is 3.52. The maximum Gasteiger partial charge on any atom is 0.0456 e. The first-order valence-corrected chi connectivity index (χ1v) is 9.70. The molecule has 0 bridgehead atoms. The predicted molar refractivity (Wildman–Crippen MR) is 98.6 cm³/mol. The van der Waals surface area contributed by atoms with Gasteiger partial charge in [0, 0.05) is 24.8 Å². The normalized spacial score (nSPS) is 12.9. The second-order valence-corrected chi connectivity index (χ2v) is 8.02. The number of hydrogen-bond donors (Lipinski definition) is 1. The van der Waals surface area contributed by atoms with Gasteiger partial charge in [-0.1, -0.05) is 41.1 Å². The molecule has 3 rings (SSSR count). The number of hydrogen-bond acceptors (Lipinski definition) is 3. The van der Waals surface area contributed by atoms with Gasteiger partial charge in [-0.25, -0.2) is 0 Å². The zero-order valence-corrected chi connectivity index (χ0v) is 15.2. The molecule has 1 N–H and O–H groups in total. The third kappa shape index (κ3) is 3.57. The minimum atomic E-state index is 0.397. The van der Waals surface area contributed by atoms with Crippen molar-refractivity contribution in [2.45, 2.75) is 25.8 Å². The zero-order chi connectivity index (χ0) is 14.7. The van der Waals surface area contributed by atoms with Gasteiger partial charge in [-0.15, -0.1) is 22.7 Å². The summed E-state index contributed by atoms with van der Waals surface area (Å²) < 4.78 is 4.02. The van der Waals surface area contributed by atoms with Gasteiger partial charge in [0.05, 0.1) is 0 Å². The number of rotatable bonds is 6. The molecule has 0 saturated heterocycles. The van der Waals surface area contributed by atoms with Crippen molar-refractivity contribution in [3.05, 3.63) is 56.7 Å². The molecule has 0 radical (unpaired) electrons. The van der Waals surface area contributed by atoms with Crippen LogP contribution in [0.15, 0.2) is 46.3 Å². The Kier molecular flexibility index (Phi) is 5.11. The summed E-state index contributed by atoms with van der Waals surface area (Å²) in [6.45, 7) is 3.27. The van der Waals surface area contributed by atoms with Crippen LogP contribution in [0.3, 0.4) is 0 Å². The first-order chi connectivity index (χ1) is 10.3. The van der Waals surface area contributed by atoms with E-state index < -0.39 is 0 Å². The van der Waals surface area contributed by atoms with Crippen LogP contribution in [0, 0.1) is 0 Å². The molecule has 1 unspecified atom stereocenters. The first kappa shape index (κ1) is 15.2. The van der Waals surface area contributed by atoms with Crippen LogP contribution >= 0.6 is 38.6 Å². The molecule has 1 atom stereocenters. The molecule has 1 aromatic carbocycles. The average Bonchev–Trinajstić information content (AvgIpc) is 3.06. The molecular weight excluding hydrogens is 362 g/mol. The minimum Gasteiger partial charge on any atom is -0.309 e. The van der Waals surface area contributed by atoms with Crippen molar-refractivity contribution in [3.8, 4) is 0 Å². The fraction of sp³-hybridized carbons (Fsp3) is 0.294. The van der Waals surface area contributed by atoms with Crippen molar-refractivity contribution in [2.75, 3.05) is 6.54 Å². The van der Waals surface area contributed by atoms with Gasteiger partial charge in [-0.2, -0.15) is 0 Å². The summed E-state index contributed by atoms with van der Waals surface area (Å²) in [6.07, 6.45) is 2.18. The standard InChI is InChI=1S/C17H18BrNS2/c1-2-8-19-14(10-12-5-3-4-6-13(12)18)16-11-17-15(21-16)7-9-20-17/h3-7,9,11,14,19H,2,8,10H2,1H3. The lowest BCUT2D eigenvalue weighted by molar-refractivity contribution is 0.536. The highest BCUT2D eigenvalue weighted by Gasteiger charge is 2.16. The van der Waals surface area contributed by atoms with E-state index in [0.717, 1.165) is 19.4 Å². The Bertz CT molecular complexity index is 688. The lowest BCUT2D eigenvalue weighted by Gasteiger charge is -2.18. The second kappa shape index (κ2) is 7.05. The molecule has 0 fully saturated rings. The largest absolute Gasteiger partial charge is 0.309 e. The Morgan fingerprint density at radius 3 is 2.81 bits per heavy atom. The van der Waals surface area contributed by atoms with Crippen LogP contribution < -0.4 is 5.32 Å². The molecule has 3 aromatic rings. The summed E-state index contributed by atoms with van der Waals surface area (Å²) in [6, 6.07) is 13.5. The van der Waals surface area contributed by atoms with Crippen molar-refractivity contribution < 1.29 is 0 Å². The molecule has 2 heterocycles. The summed E-state index contributed by atoms with van der Waals surface area (Å²) in [5.74, 6) is 0. The molecule has 21 heavy (non-hydrogen) atoms. The fourth-order valence-electron chi connectivity index (χ4n) is 2.43.